The Morgan fingerprint density at radius 3 is 2.08 bits per heavy atom. The minimum Gasteiger partial charge on any atom is -0.324 e. The highest BCUT2D eigenvalue weighted by molar-refractivity contribution is 6.30. The van der Waals surface area contributed by atoms with Crippen LogP contribution in [0.4, 0.5) is 0 Å². The first-order valence-electron chi connectivity index (χ1n) is 7.60. The van der Waals surface area contributed by atoms with Gasteiger partial charge in [0.1, 0.15) is 6.07 Å². The van der Waals surface area contributed by atoms with Gasteiger partial charge in [0, 0.05) is 21.7 Å². The van der Waals surface area contributed by atoms with Crippen LogP contribution in [0.3, 0.4) is 0 Å². The maximum absolute atomic E-state index is 12.5. The molecule has 24 heavy (non-hydrogen) atoms. The quantitative estimate of drug-likeness (QED) is 0.796. The summed E-state index contributed by atoms with van der Waals surface area (Å²) in [4.78, 5) is 12.5. The van der Waals surface area contributed by atoms with Crippen molar-refractivity contribution in [2.45, 2.75) is 20.8 Å². The lowest BCUT2D eigenvalue weighted by atomic mass is 9.86. The van der Waals surface area contributed by atoms with E-state index in [2.05, 4.69) is 11.4 Å². The molecule has 0 aliphatic heterocycles. The molecule has 0 fully saturated rings. The Kier molecular flexibility index (Phi) is 5.43. The van der Waals surface area contributed by atoms with Crippen molar-refractivity contribution in [3.63, 3.8) is 0 Å². The maximum atomic E-state index is 12.5. The second kappa shape index (κ2) is 7.33. The van der Waals surface area contributed by atoms with Gasteiger partial charge in [-0.1, -0.05) is 62.7 Å². The number of hydrogen-bond donors (Lipinski definition) is 1. The van der Waals surface area contributed by atoms with Crippen LogP contribution < -0.4 is 5.32 Å². The molecule has 1 amide bonds. The van der Waals surface area contributed by atoms with Crippen molar-refractivity contribution in [2.24, 2.45) is 5.41 Å². The number of carbonyl (C=O) groups is 1. The monoisotopic (exact) mass is 338 g/mol. The van der Waals surface area contributed by atoms with E-state index in [9.17, 15) is 10.1 Å². The Hall–Kier alpha value is -2.57. The molecule has 0 aliphatic rings. The number of benzene rings is 2. The third kappa shape index (κ3) is 4.24. The molecule has 0 bridgehead atoms. The van der Waals surface area contributed by atoms with Crippen molar-refractivity contribution >= 4 is 23.1 Å². The number of nitrogens with one attached hydrogen (secondary N) is 1. The molecule has 1 N–H and O–H groups in total. The lowest BCUT2D eigenvalue weighted by Gasteiger charge is -2.25. The van der Waals surface area contributed by atoms with E-state index in [1.54, 1.807) is 48.5 Å². The first kappa shape index (κ1) is 17.8. The lowest BCUT2D eigenvalue weighted by molar-refractivity contribution is 0.0958. The summed E-state index contributed by atoms with van der Waals surface area (Å²) in [6.45, 7) is 5.88. The SMILES string of the molecule is CC(C)(C)C(NC(=O)c1ccccc1)=C(C#N)c1ccc(Cl)cc1. The smallest absolute Gasteiger partial charge is 0.255 e. The number of amides is 1. The number of rotatable bonds is 3. The number of nitriles is 1. The third-order valence-corrected chi connectivity index (χ3v) is 3.77. The van der Waals surface area contributed by atoms with Gasteiger partial charge >= 0.3 is 0 Å². The van der Waals surface area contributed by atoms with E-state index in [0.29, 0.717) is 21.9 Å². The highest BCUT2D eigenvalue weighted by atomic mass is 35.5. The summed E-state index contributed by atoms with van der Waals surface area (Å²) in [6.07, 6.45) is 0. The maximum Gasteiger partial charge on any atom is 0.255 e. The normalized spacial score (nSPS) is 12.1. The highest BCUT2D eigenvalue weighted by Crippen LogP contribution is 2.31. The Bertz CT molecular complexity index is 794. The molecule has 0 unspecified atom stereocenters. The van der Waals surface area contributed by atoms with Gasteiger partial charge in [0.05, 0.1) is 5.57 Å². The molecule has 4 heteroatoms. The predicted molar refractivity (Wildman–Crippen MR) is 97.3 cm³/mol. The fraction of sp³-hybridized carbons (Fsp3) is 0.200. The third-order valence-electron chi connectivity index (χ3n) is 3.52. The summed E-state index contributed by atoms with van der Waals surface area (Å²) in [6, 6.07) is 18.2. The lowest BCUT2D eigenvalue weighted by Crippen LogP contribution is -2.31. The van der Waals surface area contributed by atoms with Crippen LogP contribution in [0.25, 0.3) is 5.57 Å². The van der Waals surface area contributed by atoms with Crippen LogP contribution in [0.5, 0.6) is 0 Å². The zero-order valence-corrected chi connectivity index (χ0v) is 14.7. The molecule has 0 radical (unpaired) electrons. The molecular formula is C20H19ClN2O. The van der Waals surface area contributed by atoms with E-state index < -0.39 is 5.41 Å². The van der Waals surface area contributed by atoms with Crippen LogP contribution in [0.1, 0.15) is 36.7 Å². The second-order valence-corrected chi connectivity index (χ2v) is 6.88. The number of hydrogen-bond acceptors (Lipinski definition) is 2. The van der Waals surface area contributed by atoms with E-state index in [0.717, 1.165) is 5.56 Å². The second-order valence-electron chi connectivity index (χ2n) is 6.44. The molecule has 0 aliphatic carbocycles. The molecule has 0 atom stereocenters. The first-order chi connectivity index (χ1) is 11.3. The van der Waals surface area contributed by atoms with Gasteiger partial charge in [-0.2, -0.15) is 5.26 Å². The summed E-state index contributed by atoms with van der Waals surface area (Å²) >= 11 is 5.92. The van der Waals surface area contributed by atoms with E-state index in [-0.39, 0.29) is 5.91 Å². The van der Waals surface area contributed by atoms with Crippen molar-refractivity contribution < 1.29 is 4.79 Å². The Morgan fingerprint density at radius 2 is 1.58 bits per heavy atom. The molecule has 2 aromatic rings. The van der Waals surface area contributed by atoms with Gasteiger partial charge in [0.15, 0.2) is 0 Å². The van der Waals surface area contributed by atoms with Gasteiger partial charge in [0.2, 0.25) is 0 Å². The molecule has 0 heterocycles. The summed E-state index contributed by atoms with van der Waals surface area (Å²) in [5.74, 6) is -0.234. The van der Waals surface area contributed by atoms with Crippen molar-refractivity contribution in [3.05, 3.63) is 76.4 Å². The van der Waals surface area contributed by atoms with Crippen molar-refractivity contribution in [1.82, 2.24) is 5.32 Å². The van der Waals surface area contributed by atoms with Crippen LogP contribution in [0.2, 0.25) is 5.02 Å². The van der Waals surface area contributed by atoms with Crippen LogP contribution in [0, 0.1) is 16.7 Å². The molecular weight excluding hydrogens is 320 g/mol. The number of halogens is 1. The first-order valence-corrected chi connectivity index (χ1v) is 7.98. The summed E-state index contributed by atoms with van der Waals surface area (Å²) < 4.78 is 0. The van der Waals surface area contributed by atoms with Gasteiger partial charge in [-0.05, 0) is 29.8 Å². The van der Waals surface area contributed by atoms with Crippen LogP contribution in [0.15, 0.2) is 60.3 Å². The van der Waals surface area contributed by atoms with E-state index in [4.69, 9.17) is 11.6 Å². The standard InChI is InChI=1S/C20H19ClN2O/c1-20(2,3)18(23-19(24)15-7-5-4-6-8-15)17(13-22)14-9-11-16(21)12-10-14/h4-12H,1-3H3,(H,23,24). The van der Waals surface area contributed by atoms with Crippen molar-refractivity contribution in [2.75, 3.05) is 0 Å². The molecule has 0 saturated heterocycles. The molecule has 2 rings (SSSR count). The average molecular weight is 339 g/mol. The summed E-state index contributed by atoms with van der Waals surface area (Å²) in [5, 5.41) is 13.2. The predicted octanol–water partition coefficient (Wildman–Crippen LogP) is 5.05. The molecule has 0 spiro atoms. The molecule has 3 nitrogen and oxygen atoms in total. The van der Waals surface area contributed by atoms with Crippen LogP contribution in [-0.2, 0) is 0 Å². The Balaban J connectivity index is 2.49. The fourth-order valence-electron chi connectivity index (χ4n) is 2.28. The minimum atomic E-state index is -0.408. The minimum absolute atomic E-state index is 0.234. The van der Waals surface area contributed by atoms with Gasteiger partial charge in [-0.3, -0.25) is 4.79 Å². The number of allylic oxidation sites excluding steroid dienone is 2. The Morgan fingerprint density at radius 1 is 1.00 bits per heavy atom. The summed E-state index contributed by atoms with van der Waals surface area (Å²) in [5.41, 5.74) is 1.88. The largest absolute Gasteiger partial charge is 0.324 e. The van der Waals surface area contributed by atoms with Gasteiger partial charge < -0.3 is 5.32 Å². The Labute approximate surface area is 147 Å². The van der Waals surface area contributed by atoms with Crippen LogP contribution >= 0.6 is 11.6 Å². The van der Waals surface area contributed by atoms with Gasteiger partial charge in [-0.25, -0.2) is 0 Å². The molecule has 2 aromatic carbocycles. The molecule has 0 saturated carbocycles. The molecule has 122 valence electrons. The topological polar surface area (TPSA) is 52.9 Å². The zero-order valence-electron chi connectivity index (χ0n) is 13.9. The number of carbonyl (C=O) groups excluding carboxylic acids is 1. The van der Waals surface area contributed by atoms with Crippen molar-refractivity contribution in [1.29, 1.82) is 5.26 Å². The highest BCUT2D eigenvalue weighted by Gasteiger charge is 2.25. The van der Waals surface area contributed by atoms with Gasteiger partial charge in [0.25, 0.3) is 5.91 Å². The van der Waals surface area contributed by atoms with Gasteiger partial charge in [-0.15, -0.1) is 0 Å². The van der Waals surface area contributed by atoms with E-state index in [1.165, 1.54) is 0 Å². The molecule has 0 aromatic heterocycles. The van der Waals surface area contributed by atoms with Crippen LogP contribution in [-0.4, -0.2) is 5.91 Å². The zero-order chi connectivity index (χ0) is 17.7. The van der Waals surface area contributed by atoms with E-state index in [1.807, 2.05) is 26.8 Å². The summed E-state index contributed by atoms with van der Waals surface area (Å²) in [7, 11) is 0. The van der Waals surface area contributed by atoms with Crippen molar-refractivity contribution in [3.8, 4) is 6.07 Å². The fourth-order valence-corrected chi connectivity index (χ4v) is 2.41. The van der Waals surface area contributed by atoms with E-state index >= 15 is 0 Å². The average Bonchev–Trinajstić information content (AvgIpc) is 2.56. The number of nitrogens with zero attached hydrogens (tertiary/aromatic N) is 1.